The highest BCUT2D eigenvalue weighted by Crippen LogP contribution is 2.26. The second-order valence-corrected chi connectivity index (χ2v) is 6.12. The summed E-state index contributed by atoms with van der Waals surface area (Å²) in [6, 6.07) is 18.8. The van der Waals surface area contributed by atoms with E-state index in [1.165, 1.54) is 4.57 Å². The van der Waals surface area contributed by atoms with Crippen LogP contribution in [0.15, 0.2) is 76.4 Å². The number of nitrogens with zero attached hydrogens (tertiary/aromatic N) is 2. The van der Waals surface area contributed by atoms with Gasteiger partial charge in [0.1, 0.15) is 11.4 Å². The minimum absolute atomic E-state index is 0.325. The van der Waals surface area contributed by atoms with Crippen LogP contribution < -0.4 is 16.0 Å². The fourth-order valence-electron chi connectivity index (χ4n) is 3.13. The number of H-pyrrole nitrogens is 1. The number of fused-ring (bicyclic) bond motifs is 1. The lowest BCUT2D eigenvalue weighted by Gasteiger charge is -2.11. The normalized spacial score (nSPS) is 10.9. The summed E-state index contributed by atoms with van der Waals surface area (Å²) in [5, 5.41) is 0.387. The molecule has 1 N–H and O–H groups in total. The number of ether oxygens (including phenoxy) is 1. The number of methoxy groups -OCH3 is 1. The number of aromatic amines is 1. The third kappa shape index (κ3) is 3.13. The van der Waals surface area contributed by atoms with E-state index in [9.17, 15) is 9.59 Å². The monoisotopic (exact) mass is 359 g/mol. The average Bonchev–Trinajstić information content (AvgIpc) is 2.71. The third-order valence-electron chi connectivity index (χ3n) is 4.46. The summed E-state index contributed by atoms with van der Waals surface area (Å²) in [6.45, 7) is 0.325. The number of hydrogen-bond acceptors (Lipinski definition) is 4. The molecule has 6 heteroatoms. The van der Waals surface area contributed by atoms with Gasteiger partial charge in [-0.05, 0) is 34.9 Å². The predicted octanol–water partition coefficient (Wildman–Crippen LogP) is 2.81. The van der Waals surface area contributed by atoms with Crippen LogP contribution >= 0.6 is 0 Å². The van der Waals surface area contributed by atoms with Crippen molar-refractivity contribution in [2.24, 2.45) is 0 Å². The summed E-state index contributed by atoms with van der Waals surface area (Å²) in [4.78, 5) is 31.8. The Morgan fingerprint density at radius 1 is 1.00 bits per heavy atom. The number of aromatic nitrogens is 3. The van der Waals surface area contributed by atoms with E-state index < -0.39 is 11.2 Å². The molecule has 2 heterocycles. The van der Waals surface area contributed by atoms with Crippen molar-refractivity contribution in [3.05, 3.63) is 93.3 Å². The van der Waals surface area contributed by atoms with E-state index in [2.05, 4.69) is 9.97 Å². The highest BCUT2D eigenvalue weighted by Gasteiger charge is 2.14. The van der Waals surface area contributed by atoms with Gasteiger partial charge in [0, 0.05) is 6.20 Å². The molecule has 0 amide bonds. The highest BCUT2D eigenvalue weighted by molar-refractivity contribution is 5.92. The molecule has 0 atom stereocenters. The number of rotatable bonds is 4. The van der Waals surface area contributed by atoms with E-state index in [0.717, 1.165) is 16.9 Å². The minimum Gasteiger partial charge on any atom is -0.497 e. The molecular weight excluding hydrogens is 342 g/mol. The summed E-state index contributed by atoms with van der Waals surface area (Å²) in [5.41, 5.74) is 1.95. The summed E-state index contributed by atoms with van der Waals surface area (Å²) in [6.07, 6.45) is 1.61. The maximum Gasteiger partial charge on any atom is 0.330 e. The second-order valence-electron chi connectivity index (χ2n) is 6.12. The molecule has 2 aromatic carbocycles. The fourth-order valence-corrected chi connectivity index (χ4v) is 3.13. The molecule has 0 bridgehead atoms. The molecule has 0 aliphatic carbocycles. The molecule has 0 saturated heterocycles. The van der Waals surface area contributed by atoms with Crippen molar-refractivity contribution in [1.82, 2.24) is 14.5 Å². The van der Waals surface area contributed by atoms with Gasteiger partial charge in [-0.15, -0.1) is 0 Å². The topological polar surface area (TPSA) is 77.0 Å². The van der Waals surface area contributed by atoms with Crippen molar-refractivity contribution in [3.63, 3.8) is 0 Å². The largest absolute Gasteiger partial charge is 0.497 e. The molecule has 134 valence electrons. The lowest BCUT2D eigenvalue weighted by Crippen LogP contribution is -2.31. The van der Waals surface area contributed by atoms with Crippen LogP contribution in [0, 0.1) is 0 Å². The van der Waals surface area contributed by atoms with E-state index in [4.69, 9.17) is 4.74 Å². The molecule has 0 fully saturated rings. The Hall–Kier alpha value is -3.67. The first-order chi connectivity index (χ1) is 13.2. The summed E-state index contributed by atoms with van der Waals surface area (Å²) >= 11 is 0. The van der Waals surface area contributed by atoms with Crippen molar-refractivity contribution in [2.75, 3.05) is 7.11 Å². The lowest BCUT2D eigenvalue weighted by molar-refractivity contribution is 0.415. The van der Waals surface area contributed by atoms with Gasteiger partial charge in [0.25, 0.3) is 5.56 Å². The third-order valence-corrected chi connectivity index (χ3v) is 4.46. The van der Waals surface area contributed by atoms with Crippen LogP contribution in [0.5, 0.6) is 5.75 Å². The van der Waals surface area contributed by atoms with Crippen molar-refractivity contribution < 1.29 is 4.74 Å². The molecule has 0 spiro atoms. The van der Waals surface area contributed by atoms with Crippen LogP contribution in [0.25, 0.3) is 22.2 Å². The lowest BCUT2D eigenvalue weighted by atomic mass is 10.0. The fraction of sp³-hybridized carbons (Fsp3) is 0.0952. The molecular formula is C21H17N3O3. The zero-order valence-electron chi connectivity index (χ0n) is 14.7. The Bertz CT molecular complexity index is 1210. The number of nitrogens with one attached hydrogen (secondary N) is 1. The van der Waals surface area contributed by atoms with Crippen LogP contribution in [-0.4, -0.2) is 21.6 Å². The van der Waals surface area contributed by atoms with E-state index >= 15 is 0 Å². The summed E-state index contributed by atoms with van der Waals surface area (Å²) < 4.78 is 6.68. The maximum atomic E-state index is 12.6. The Kier molecular flexibility index (Phi) is 4.30. The zero-order chi connectivity index (χ0) is 18.8. The molecule has 0 aliphatic heterocycles. The van der Waals surface area contributed by atoms with Gasteiger partial charge in [-0.2, -0.15) is 0 Å². The van der Waals surface area contributed by atoms with E-state index in [0.29, 0.717) is 23.1 Å². The Labute approximate surface area is 154 Å². The minimum atomic E-state index is -0.476. The molecule has 0 aliphatic rings. The predicted molar refractivity (Wildman–Crippen MR) is 104 cm³/mol. The van der Waals surface area contributed by atoms with Gasteiger partial charge >= 0.3 is 5.69 Å². The smallest absolute Gasteiger partial charge is 0.330 e. The first-order valence-electron chi connectivity index (χ1n) is 8.47. The molecule has 0 unspecified atom stereocenters. The number of hydrogen-bond donors (Lipinski definition) is 1. The average molecular weight is 359 g/mol. The molecule has 2 aromatic heterocycles. The van der Waals surface area contributed by atoms with Crippen LogP contribution in [-0.2, 0) is 6.54 Å². The van der Waals surface area contributed by atoms with Crippen LogP contribution in [0.4, 0.5) is 0 Å². The van der Waals surface area contributed by atoms with Crippen molar-refractivity contribution in [3.8, 4) is 16.9 Å². The molecule has 4 rings (SSSR count). The number of pyridine rings is 1. The second kappa shape index (κ2) is 6.92. The molecule has 6 nitrogen and oxygen atoms in total. The molecule has 0 saturated carbocycles. The van der Waals surface area contributed by atoms with Crippen molar-refractivity contribution in [1.29, 1.82) is 0 Å². The van der Waals surface area contributed by atoms with Gasteiger partial charge in [-0.25, -0.2) is 9.78 Å². The Morgan fingerprint density at radius 2 is 1.74 bits per heavy atom. The SMILES string of the molecule is COc1ccc(-c2ccnc3c2c(=O)[nH]c(=O)n3Cc2ccccc2)cc1. The first kappa shape index (κ1) is 16.8. The first-order valence-corrected chi connectivity index (χ1v) is 8.47. The Balaban J connectivity index is 1.94. The van der Waals surface area contributed by atoms with Gasteiger partial charge in [-0.1, -0.05) is 42.5 Å². The standard InChI is InChI=1S/C21H17N3O3/c1-27-16-9-7-15(8-10-16)17-11-12-22-19-18(17)20(25)23-21(26)24(19)13-14-5-3-2-4-6-14/h2-12H,13H2,1H3,(H,23,25,26). The van der Waals surface area contributed by atoms with Gasteiger partial charge < -0.3 is 4.74 Å². The summed E-state index contributed by atoms with van der Waals surface area (Å²) in [5.74, 6) is 0.729. The highest BCUT2D eigenvalue weighted by atomic mass is 16.5. The molecule has 27 heavy (non-hydrogen) atoms. The van der Waals surface area contributed by atoms with Gasteiger partial charge in [0.15, 0.2) is 0 Å². The van der Waals surface area contributed by atoms with Gasteiger partial charge in [-0.3, -0.25) is 14.3 Å². The number of benzene rings is 2. The van der Waals surface area contributed by atoms with Gasteiger partial charge in [0.2, 0.25) is 0 Å². The quantitative estimate of drug-likeness (QED) is 0.608. The van der Waals surface area contributed by atoms with Crippen molar-refractivity contribution >= 4 is 11.0 Å². The Morgan fingerprint density at radius 3 is 2.44 bits per heavy atom. The van der Waals surface area contributed by atoms with Crippen LogP contribution in [0.3, 0.4) is 0 Å². The molecule has 0 radical (unpaired) electrons. The maximum absolute atomic E-state index is 12.6. The van der Waals surface area contributed by atoms with E-state index in [-0.39, 0.29) is 0 Å². The van der Waals surface area contributed by atoms with Crippen LogP contribution in [0.2, 0.25) is 0 Å². The summed E-state index contributed by atoms with van der Waals surface area (Å²) in [7, 11) is 1.60. The van der Waals surface area contributed by atoms with Crippen molar-refractivity contribution in [2.45, 2.75) is 6.54 Å². The molecule has 4 aromatic rings. The zero-order valence-corrected chi connectivity index (χ0v) is 14.7. The van der Waals surface area contributed by atoms with Crippen LogP contribution in [0.1, 0.15) is 5.56 Å². The van der Waals surface area contributed by atoms with E-state index in [1.807, 2.05) is 54.6 Å². The van der Waals surface area contributed by atoms with E-state index in [1.54, 1.807) is 19.4 Å². The van der Waals surface area contributed by atoms with Gasteiger partial charge in [0.05, 0.1) is 19.0 Å².